The summed E-state index contributed by atoms with van der Waals surface area (Å²) in [4.78, 5) is 0. The van der Waals surface area contributed by atoms with Crippen LogP contribution in [-0.2, 0) is 5.41 Å². The van der Waals surface area contributed by atoms with Gasteiger partial charge in [0.25, 0.3) is 0 Å². The van der Waals surface area contributed by atoms with Gasteiger partial charge in [-0.15, -0.1) is 0 Å². The first-order valence-electron chi connectivity index (χ1n) is 23.7. The van der Waals surface area contributed by atoms with Crippen LogP contribution in [0.15, 0.2) is 249 Å². The van der Waals surface area contributed by atoms with Crippen molar-refractivity contribution in [3.8, 4) is 61.3 Å². The first kappa shape index (κ1) is 37.4. The monoisotopic (exact) mass is 859 g/mol. The predicted octanol–water partition coefficient (Wildman–Crippen LogP) is 17.6. The molecule has 0 bridgehead atoms. The van der Waals surface area contributed by atoms with Gasteiger partial charge >= 0.3 is 0 Å². The van der Waals surface area contributed by atoms with Gasteiger partial charge in [-0.2, -0.15) is 0 Å². The molecule has 0 atom stereocenters. The Balaban J connectivity index is 0.823. The fraction of sp³-hybridized carbons (Fsp3) is 0.0149. The molecule has 2 aliphatic carbocycles. The predicted molar refractivity (Wildman–Crippen MR) is 286 cm³/mol. The Hall–Kier alpha value is -8.78. The van der Waals surface area contributed by atoms with Gasteiger partial charge in [-0.1, -0.05) is 212 Å². The number of hydrogen-bond donors (Lipinski definition) is 0. The number of para-hydroxylation sites is 2. The van der Waals surface area contributed by atoms with Gasteiger partial charge in [-0.05, 0) is 147 Å². The minimum Gasteiger partial charge on any atom is -0.309 e. The number of aromatic nitrogens is 1. The van der Waals surface area contributed by atoms with Crippen LogP contribution in [0.5, 0.6) is 0 Å². The summed E-state index contributed by atoms with van der Waals surface area (Å²) in [6.07, 6.45) is 0. The Morgan fingerprint density at radius 2 is 0.662 bits per heavy atom. The van der Waals surface area contributed by atoms with Crippen LogP contribution in [0.3, 0.4) is 0 Å². The summed E-state index contributed by atoms with van der Waals surface area (Å²) in [5, 5.41) is 10.2. The van der Waals surface area contributed by atoms with E-state index in [4.69, 9.17) is 0 Å². The van der Waals surface area contributed by atoms with Crippen LogP contribution in [0, 0.1) is 0 Å². The summed E-state index contributed by atoms with van der Waals surface area (Å²) < 4.78 is 2.42. The van der Waals surface area contributed by atoms with Gasteiger partial charge in [0.05, 0.1) is 16.4 Å². The number of hydrogen-bond acceptors (Lipinski definition) is 0. The Kier molecular flexibility index (Phi) is 7.77. The van der Waals surface area contributed by atoms with Crippen LogP contribution in [-0.4, -0.2) is 4.57 Å². The third kappa shape index (κ3) is 5.05. The van der Waals surface area contributed by atoms with Gasteiger partial charge in [0.2, 0.25) is 0 Å². The van der Waals surface area contributed by atoms with E-state index in [0.717, 1.165) is 0 Å². The molecule has 0 amide bonds. The molecule has 0 radical (unpaired) electrons. The van der Waals surface area contributed by atoms with Crippen LogP contribution < -0.4 is 0 Å². The molecule has 314 valence electrons. The molecule has 0 fully saturated rings. The SMILES string of the molecule is c1cc(-c2ccc(-c3ccc4c5ccccc5c5cc(-n6c7ccccc7c7ccccc76)ccc5c4c3)cc2)cc(-c2cccc3c2-c2ccccc2C32c3ccccc3-c3ccccc32)c1. The molecule has 1 heteroatoms. The molecule has 1 spiro atoms. The van der Waals surface area contributed by atoms with E-state index in [9.17, 15) is 0 Å². The minimum atomic E-state index is -0.360. The van der Waals surface area contributed by atoms with Crippen molar-refractivity contribution in [3.05, 3.63) is 271 Å². The summed E-state index contributed by atoms with van der Waals surface area (Å²) in [5.41, 5.74) is 21.4. The molecule has 15 rings (SSSR count). The molecule has 0 aliphatic heterocycles. The number of benzene rings is 12. The number of fused-ring (bicyclic) bond motifs is 19. The van der Waals surface area contributed by atoms with E-state index in [1.807, 2.05) is 0 Å². The average molecular weight is 860 g/mol. The highest BCUT2D eigenvalue weighted by Crippen LogP contribution is 2.64. The largest absolute Gasteiger partial charge is 0.309 e. The Labute approximate surface area is 394 Å². The van der Waals surface area contributed by atoms with E-state index in [1.54, 1.807) is 0 Å². The second-order valence-electron chi connectivity index (χ2n) is 18.7. The van der Waals surface area contributed by atoms with E-state index in [1.165, 1.54) is 138 Å². The van der Waals surface area contributed by atoms with Gasteiger partial charge < -0.3 is 4.57 Å². The molecule has 0 N–H and O–H groups in total. The molecule has 68 heavy (non-hydrogen) atoms. The maximum Gasteiger partial charge on any atom is 0.0725 e. The average Bonchev–Trinajstić information content (AvgIpc) is 4.03. The van der Waals surface area contributed by atoms with Crippen LogP contribution in [0.2, 0.25) is 0 Å². The van der Waals surface area contributed by atoms with Gasteiger partial charge in [-0.3, -0.25) is 0 Å². The molecule has 0 saturated carbocycles. The normalized spacial score (nSPS) is 13.1. The summed E-state index contributed by atoms with van der Waals surface area (Å²) in [7, 11) is 0. The lowest BCUT2D eigenvalue weighted by molar-refractivity contribution is 0.794. The Bertz CT molecular complexity index is 4160. The van der Waals surface area contributed by atoms with E-state index in [0.29, 0.717) is 0 Å². The quantitative estimate of drug-likeness (QED) is 0.155. The number of rotatable bonds is 4. The zero-order valence-corrected chi connectivity index (χ0v) is 37.1. The zero-order valence-electron chi connectivity index (χ0n) is 37.1. The van der Waals surface area contributed by atoms with Crippen LogP contribution in [0.4, 0.5) is 0 Å². The topological polar surface area (TPSA) is 4.93 Å². The molecule has 1 aromatic heterocycles. The molecule has 1 nitrogen and oxygen atoms in total. The lowest BCUT2D eigenvalue weighted by atomic mass is 9.70. The van der Waals surface area contributed by atoms with Crippen LogP contribution in [0.1, 0.15) is 22.3 Å². The lowest BCUT2D eigenvalue weighted by Crippen LogP contribution is -2.25. The smallest absolute Gasteiger partial charge is 0.0725 e. The number of nitrogens with zero attached hydrogens (tertiary/aromatic N) is 1. The lowest BCUT2D eigenvalue weighted by Gasteiger charge is -2.30. The molecule has 0 unspecified atom stereocenters. The first-order chi connectivity index (χ1) is 33.7. The molecule has 2 aliphatic rings. The molecule has 1 heterocycles. The van der Waals surface area contributed by atoms with Crippen molar-refractivity contribution < 1.29 is 0 Å². The fourth-order valence-electron chi connectivity index (χ4n) is 12.6. The van der Waals surface area contributed by atoms with E-state index in [-0.39, 0.29) is 5.41 Å². The molecular formula is C67H41N. The third-order valence-corrected chi connectivity index (χ3v) is 15.4. The van der Waals surface area contributed by atoms with Gasteiger partial charge in [0, 0.05) is 16.5 Å². The highest BCUT2D eigenvalue weighted by Gasteiger charge is 2.51. The molecule has 12 aromatic carbocycles. The fourth-order valence-corrected chi connectivity index (χ4v) is 12.6. The van der Waals surface area contributed by atoms with Gasteiger partial charge in [0.15, 0.2) is 0 Å². The summed E-state index contributed by atoms with van der Waals surface area (Å²) in [6, 6.07) is 93.0. The highest BCUT2D eigenvalue weighted by molar-refractivity contribution is 6.26. The van der Waals surface area contributed by atoms with Crippen molar-refractivity contribution in [3.63, 3.8) is 0 Å². The van der Waals surface area contributed by atoms with E-state index < -0.39 is 0 Å². The zero-order chi connectivity index (χ0) is 44.5. The van der Waals surface area contributed by atoms with Crippen molar-refractivity contribution in [1.29, 1.82) is 0 Å². The van der Waals surface area contributed by atoms with Gasteiger partial charge in [0.1, 0.15) is 0 Å². The summed E-state index contributed by atoms with van der Waals surface area (Å²) in [6.45, 7) is 0. The Morgan fingerprint density at radius 3 is 1.34 bits per heavy atom. The highest BCUT2D eigenvalue weighted by atomic mass is 15.0. The van der Waals surface area contributed by atoms with Crippen LogP contribution >= 0.6 is 0 Å². The maximum absolute atomic E-state index is 2.42. The molecule has 0 saturated heterocycles. The Morgan fingerprint density at radius 1 is 0.235 bits per heavy atom. The molecular weight excluding hydrogens is 819 g/mol. The van der Waals surface area contributed by atoms with Gasteiger partial charge in [-0.25, -0.2) is 0 Å². The molecule has 13 aromatic rings. The van der Waals surface area contributed by atoms with Crippen molar-refractivity contribution in [2.75, 3.05) is 0 Å². The standard InChI is InChI=1S/C67H41N/c1-2-18-50-49(17-1)51-37-35-45(40-58(51)52-38-36-47(41-59(50)52)68-64-29-11-6-21-55(64)56-22-7-12-30-65(56)68)43-33-31-42(32-34-43)44-15-13-16-46(39-44)48-24-14-28-63-66(48)57-23-5-10-27-62(57)67(63)60-25-8-3-19-53(60)54-20-4-9-26-61(54)67/h1-41H. The van der Waals surface area contributed by atoms with Crippen molar-refractivity contribution in [2.24, 2.45) is 0 Å². The van der Waals surface area contributed by atoms with Crippen LogP contribution in [0.25, 0.3) is 115 Å². The second-order valence-corrected chi connectivity index (χ2v) is 18.7. The first-order valence-corrected chi connectivity index (χ1v) is 23.7. The second kappa shape index (κ2) is 14.1. The van der Waals surface area contributed by atoms with Crippen molar-refractivity contribution in [2.45, 2.75) is 5.41 Å². The summed E-state index contributed by atoms with van der Waals surface area (Å²) in [5.74, 6) is 0. The van der Waals surface area contributed by atoms with Crippen molar-refractivity contribution in [1.82, 2.24) is 4.57 Å². The van der Waals surface area contributed by atoms with Crippen molar-refractivity contribution >= 4 is 54.1 Å². The maximum atomic E-state index is 2.42. The van der Waals surface area contributed by atoms with E-state index in [2.05, 4.69) is 253 Å². The third-order valence-electron chi connectivity index (χ3n) is 15.4. The van der Waals surface area contributed by atoms with E-state index >= 15 is 0 Å². The minimum absolute atomic E-state index is 0.360. The summed E-state index contributed by atoms with van der Waals surface area (Å²) >= 11 is 0.